The summed E-state index contributed by atoms with van der Waals surface area (Å²) in [7, 11) is -3.55. The second-order valence-corrected chi connectivity index (χ2v) is 7.94. The lowest BCUT2D eigenvalue weighted by Gasteiger charge is -2.21. The summed E-state index contributed by atoms with van der Waals surface area (Å²) >= 11 is 0. The van der Waals surface area contributed by atoms with Gasteiger partial charge in [-0.05, 0) is 31.2 Å². The van der Waals surface area contributed by atoms with Crippen LogP contribution in [0.15, 0.2) is 47.5 Å². The Labute approximate surface area is 125 Å². The van der Waals surface area contributed by atoms with Crippen LogP contribution in [-0.2, 0) is 15.4 Å². The van der Waals surface area contributed by atoms with Gasteiger partial charge in [0, 0.05) is 18.2 Å². The molecule has 0 radical (unpaired) electrons. The molecule has 1 aliphatic rings. The molecular weight excluding hydrogens is 284 g/mol. The molecule has 21 heavy (non-hydrogen) atoms. The van der Waals surface area contributed by atoms with Crippen LogP contribution in [0.4, 0.5) is 5.69 Å². The van der Waals surface area contributed by atoms with Gasteiger partial charge in [-0.3, -0.25) is 9.29 Å². The normalized spacial score (nSPS) is 16.8. The molecule has 0 amide bonds. The molecule has 0 atom stereocenters. The molecule has 0 bridgehead atoms. The second kappa shape index (κ2) is 4.56. The van der Waals surface area contributed by atoms with E-state index in [0.29, 0.717) is 17.1 Å². The number of rotatable bonds is 2. The zero-order chi connectivity index (χ0) is 15.3. The van der Waals surface area contributed by atoms with Crippen LogP contribution < -0.4 is 4.31 Å². The van der Waals surface area contributed by atoms with E-state index >= 15 is 0 Å². The van der Waals surface area contributed by atoms with Crippen LogP contribution >= 0.6 is 0 Å². The maximum atomic E-state index is 12.9. The van der Waals surface area contributed by atoms with Crippen molar-refractivity contribution < 1.29 is 8.42 Å². The molecule has 0 saturated heterocycles. The van der Waals surface area contributed by atoms with Crippen LogP contribution in [0.3, 0.4) is 0 Å². The monoisotopic (exact) mass is 302 g/mol. The zero-order valence-electron chi connectivity index (χ0n) is 12.4. The molecule has 0 N–H and O–H groups in total. The van der Waals surface area contributed by atoms with E-state index in [1.54, 1.807) is 24.4 Å². The van der Waals surface area contributed by atoms with Crippen molar-refractivity contribution in [2.75, 3.05) is 10.8 Å². The van der Waals surface area contributed by atoms with Crippen molar-refractivity contribution in [1.29, 1.82) is 0 Å². The van der Waals surface area contributed by atoms with Gasteiger partial charge in [-0.1, -0.05) is 31.5 Å². The average molecular weight is 302 g/mol. The molecular formula is C16H18N2O2S. The molecule has 2 heterocycles. The van der Waals surface area contributed by atoms with Gasteiger partial charge >= 0.3 is 0 Å². The Balaban J connectivity index is 2.11. The quantitative estimate of drug-likeness (QED) is 0.857. The van der Waals surface area contributed by atoms with Crippen LogP contribution in [0.5, 0.6) is 0 Å². The number of sulfonamides is 1. The van der Waals surface area contributed by atoms with Crippen molar-refractivity contribution in [3.8, 4) is 0 Å². The minimum atomic E-state index is -3.55. The number of nitrogens with zero attached hydrogens (tertiary/aromatic N) is 2. The van der Waals surface area contributed by atoms with Crippen molar-refractivity contribution in [3.63, 3.8) is 0 Å². The van der Waals surface area contributed by atoms with E-state index in [9.17, 15) is 8.42 Å². The number of aromatic nitrogens is 1. The van der Waals surface area contributed by atoms with Crippen molar-refractivity contribution in [3.05, 3.63) is 53.9 Å². The molecule has 110 valence electrons. The topological polar surface area (TPSA) is 50.3 Å². The van der Waals surface area contributed by atoms with Crippen LogP contribution in [0, 0.1) is 6.92 Å². The highest BCUT2D eigenvalue weighted by Crippen LogP contribution is 2.41. The Kier molecular flexibility index (Phi) is 3.06. The van der Waals surface area contributed by atoms with Gasteiger partial charge in [0.1, 0.15) is 0 Å². The highest BCUT2D eigenvalue weighted by atomic mass is 32.2. The third-order valence-corrected chi connectivity index (χ3v) is 5.62. The summed E-state index contributed by atoms with van der Waals surface area (Å²) in [6.07, 6.45) is 1.71. The fourth-order valence-corrected chi connectivity index (χ4v) is 4.32. The number of hydrogen-bond donors (Lipinski definition) is 0. The molecule has 1 aliphatic heterocycles. The summed E-state index contributed by atoms with van der Waals surface area (Å²) in [5.41, 5.74) is 2.27. The number of aryl methyl sites for hydroxylation is 1. The first-order valence-electron chi connectivity index (χ1n) is 6.87. The fourth-order valence-electron chi connectivity index (χ4n) is 2.69. The number of hydrogen-bond acceptors (Lipinski definition) is 3. The molecule has 4 nitrogen and oxygen atoms in total. The Hall–Kier alpha value is -1.88. The molecule has 0 spiro atoms. The first-order chi connectivity index (χ1) is 9.82. The summed E-state index contributed by atoms with van der Waals surface area (Å²) < 4.78 is 27.3. The van der Waals surface area contributed by atoms with Crippen LogP contribution in [0.2, 0.25) is 0 Å². The molecule has 5 heteroatoms. The standard InChI is InChI=1S/C16H18N2O2S/c1-12-6-8-13(9-7-12)21(19,20)18-11-16(2,3)15-14(18)5-4-10-17-15/h4-10H,11H2,1-3H3. The van der Waals surface area contributed by atoms with Crippen LogP contribution in [0.25, 0.3) is 0 Å². The fraction of sp³-hybridized carbons (Fsp3) is 0.312. The number of benzene rings is 1. The second-order valence-electron chi connectivity index (χ2n) is 6.08. The summed E-state index contributed by atoms with van der Waals surface area (Å²) in [5.74, 6) is 0. The average Bonchev–Trinajstić information content (AvgIpc) is 2.73. The number of pyridine rings is 1. The van der Waals surface area contributed by atoms with Gasteiger partial charge < -0.3 is 0 Å². The van der Waals surface area contributed by atoms with Crippen molar-refractivity contribution in [2.24, 2.45) is 0 Å². The summed E-state index contributed by atoms with van der Waals surface area (Å²) in [6, 6.07) is 10.6. The van der Waals surface area contributed by atoms with E-state index in [1.165, 1.54) is 4.31 Å². The molecule has 2 aromatic rings. The van der Waals surface area contributed by atoms with Gasteiger partial charge in [-0.25, -0.2) is 8.42 Å². The Bertz CT molecular complexity index is 780. The minimum Gasteiger partial charge on any atom is -0.264 e. The van der Waals surface area contributed by atoms with Gasteiger partial charge in [0.05, 0.1) is 16.3 Å². The van der Waals surface area contributed by atoms with Crippen molar-refractivity contribution in [1.82, 2.24) is 4.98 Å². The summed E-state index contributed by atoms with van der Waals surface area (Å²) in [6.45, 7) is 6.39. The highest BCUT2D eigenvalue weighted by molar-refractivity contribution is 7.92. The van der Waals surface area contributed by atoms with E-state index in [0.717, 1.165) is 11.3 Å². The zero-order valence-corrected chi connectivity index (χ0v) is 13.2. The SMILES string of the molecule is Cc1ccc(S(=O)(=O)N2CC(C)(C)c3ncccc32)cc1. The molecule has 0 unspecified atom stereocenters. The Morgan fingerprint density at radius 3 is 2.48 bits per heavy atom. The maximum absolute atomic E-state index is 12.9. The molecule has 1 aromatic heterocycles. The Morgan fingerprint density at radius 1 is 1.14 bits per heavy atom. The van der Waals surface area contributed by atoms with E-state index in [-0.39, 0.29) is 5.41 Å². The van der Waals surface area contributed by atoms with E-state index in [1.807, 2.05) is 39.0 Å². The largest absolute Gasteiger partial charge is 0.264 e. The van der Waals surface area contributed by atoms with Crippen molar-refractivity contribution >= 4 is 15.7 Å². The molecule has 0 saturated carbocycles. The first-order valence-corrected chi connectivity index (χ1v) is 8.31. The molecule has 1 aromatic carbocycles. The van der Waals surface area contributed by atoms with E-state index in [2.05, 4.69) is 4.98 Å². The van der Waals surface area contributed by atoms with E-state index in [4.69, 9.17) is 0 Å². The van der Waals surface area contributed by atoms with E-state index < -0.39 is 10.0 Å². The lowest BCUT2D eigenvalue weighted by atomic mass is 9.91. The molecule has 3 rings (SSSR count). The minimum absolute atomic E-state index is 0.283. The van der Waals surface area contributed by atoms with Crippen LogP contribution in [-0.4, -0.2) is 19.9 Å². The number of anilines is 1. The maximum Gasteiger partial charge on any atom is 0.264 e. The third kappa shape index (κ3) is 2.21. The molecule has 0 aliphatic carbocycles. The lowest BCUT2D eigenvalue weighted by molar-refractivity contribution is 0.544. The predicted molar refractivity (Wildman–Crippen MR) is 83.0 cm³/mol. The van der Waals surface area contributed by atoms with Crippen molar-refractivity contribution in [2.45, 2.75) is 31.1 Å². The number of fused-ring (bicyclic) bond motifs is 1. The highest BCUT2D eigenvalue weighted by Gasteiger charge is 2.42. The van der Waals surface area contributed by atoms with Gasteiger partial charge in [0.15, 0.2) is 0 Å². The lowest BCUT2D eigenvalue weighted by Crippen LogP contribution is -2.34. The van der Waals surface area contributed by atoms with Crippen LogP contribution in [0.1, 0.15) is 25.1 Å². The first kappa shape index (κ1) is 14.1. The molecule has 0 fully saturated rings. The predicted octanol–water partition coefficient (Wildman–Crippen LogP) is 2.88. The van der Waals surface area contributed by atoms with Gasteiger partial charge in [-0.2, -0.15) is 0 Å². The summed E-state index contributed by atoms with van der Waals surface area (Å²) in [5, 5.41) is 0. The summed E-state index contributed by atoms with van der Waals surface area (Å²) in [4.78, 5) is 4.70. The van der Waals surface area contributed by atoms with Gasteiger partial charge in [0.25, 0.3) is 10.0 Å². The Morgan fingerprint density at radius 2 is 1.81 bits per heavy atom. The van der Waals surface area contributed by atoms with Gasteiger partial charge in [-0.15, -0.1) is 0 Å². The smallest absolute Gasteiger partial charge is 0.264 e. The third-order valence-electron chi connectivity index (χ3n) is 3.84. The van der Waals surface area contributed by atoms with Gasteiger partial charge in [0.2, 0.25) is 0 Å².